The van der Waals surface area contributed by atoms with E-state index in [4.69, 9.17) is 13.6 Å². The van der Waals surface area contributed by atoms with Crippen molar-refractivity contribution in [3.05, 3.63) is 44.4 Å². The average molecular weight is 577 g/mol. The van der Waals surface area contributed by atoms with Crippen molar-refractivity contribution in [1.29, 1.82) is 0 Å². The molecule has 10 heteroatoms. The van der Waals surface area contributed by atoms with Gasteiger partial charge in [-0.3, -0.25) is 10.1 Å². The van der Waals surface area contributed by atoms with Gasteiger partial charge in [0.15, 0.2) is 29.0 Å². The highest BCUT2D eigenvalue weighted by atomic mass is 79.9. The molecular formula is C24H42BrNO6Si2. The van der Waals surface area contributed by atoms with Crippen LogP contribution in [0.3, 0.4) is 0 Å². The number of hydrogen-bond acceptors (Lipinski definition) is 6. The molecule has 0 spiro atoms. The van der Waals surface area contributed by atoms with Gasteiger partial charge in [0.2, 0.25) is 0 Å². The lowest BCUT2D eigenvalue weighted by atomic mass is 9.82. The fourth-order valence-corrected chi connectivity index (χ4v) is 6.15. The van der Waals surface area contributed by atoms with Gasteiger partial charge in [0.1, 0.15) is 6.10 Å². The fourth-order valence-electron chi connectivity index (χ4n) is 3.57. The minimum atomic E-state index is -2.38. The van der Waals surface area contributed by atoms with Crippen LogP contribution in [0, 0.1) is 10.1 Å². The third-order valence-electron chi connectivity index (χ3n) is 7.85. The van der Waals surface area contributed by atoms with Gasteiger partial charge in [-0.05, 0) is 54.0 Å². The quantitative estimate of drug-likeness (QED) is 0.233. The lowest BCUT2D eigenvalue weighted by Gasteiger charge is -2.47. The SMILES string of the molecule is CC(C)(C)[Si](C)(C)OC[C@H]1O[C@H](O)[C@@H](O[Si](C)(C)C(C)(C)C)[C@@H](c2ccc(Br)cc2)[C@@H]1[N+](=O)[O-]. The van der Waals surface area contributed by atoms with E-state index in [1.165, 1.54) is 0 Å². The monoisotopic (exact) mass is 575 g/mol. The highest BCUT2D eigenvalue weighted by Gasteiger charge is 2.56. The minimum Gasteiger partial charge on any atom is -0.414 e. The standard InChI is InChI=1S/C24H42BrNO6Si2/c1-23(2,3)33(7,8)30-15-18-20(26(28)29)19(16-11-13-17(25)14-12-16)21(22(27)31-18)32-34(9,10)24(4,5)6/h11-14,18-22,27H,15H2,1-10H3/t18-,19+,20-,21+,22+/m1/s1. The van der Waals surface area contributed by atoms with Crippen LogP contribution in [0.15, 0.2) is 28.7 Å². The fraction of sp³-hybridized carbons (Fsp3) is 0.750. The van der Waals surface area contributed by atoms with Gasteiger partial charge in [0.05, 0.1) is 12.5 Å². The molecule has 0 bridgehead atoms. The van der Waals surface area contributed by atoms with Crippen LogP contribution in [0.25, 0.3) is 0 Å². The van der Waals surface area contributed by atoms with Crippen LogP contribution in [0.4, 0.5) is 0 Å². The maximum absolute atomic E-state index is 12.5. The molecule has 194 valence electrons. The molecule has 5 atom stereocenters. The number of nitro groups is 1. The molecule has 7 nitrogen and oxygen atoms in total. The summed E-state index contributed by atoms with van der Waals surface area (Å²) >= 11 is 3.44. The molecule has 1 aliphatic heterocycles. The Bertz CT molecular complexity index is 851. The van der Waals surface area contributed by atoms with Crippen molar-refractivity contribution in [1.82, 2.24) is 0 Å². The van der Waals surface area contributed by atoms with Crippen LogP contribution in [0.2, 0.25) is 36.3 Å². The minimum absolute atomic E-state index is 0.0521. The van der Waals surface area contributed by atoms with E-state index in [1.807, 2.05) is 24.3 Å². The molecule has 0 aromatic heterocycles. The molecule has 0 aliphatic carbocycles. The number of hydrogen-bond donors (Lipinski definition) is 1. The Labute approximate surface area is 215 Å². The first-order valence-corrected chi connectivity index (χ1v) is 18.4. The van der Waals surface area contributed by atoms with Gasteiger partial charge in [0, 0.05) is 9.40 Å². The Hall–Kier alpha value is -0.626. The van der Waals surface area contributed by atoms with Crippen LogP contribution in [-0.2, 0) is 13.6 Å². The van der Waals surface area contributed by atoms with Gasteiger partial charge in [-0.15, -0.1) is 0 Å². The zero-order valence-electron chi connectivity index (χ0n) is 22.2. The van der Waals surface area contributed by atoms with Gasteiger partial charge >= 0.3 is 0 Å². The molecule has 0 amide bonds. The first kappa shape index (κ1) is 29.6. The second kappa shape index (κ2) is 10.4. The van der Waals surface area contributed by atoms with Crippen molar-refractivity contribution in [2.24, 2.45) is 0 Å². The van der Waals surface area contributed by atoms with E-state index < -0.39 is 47.1 Å². The highest BCUT2D eigenvalue weighted by Crippen LogP contribution is 2.44. The molecule has 1 aromatic carbocycles. The van der Waals surface area contributed by atoms with Gasteiger partial charge in [-0.25, -0.2) is 0 Å². The molecule has 1 saturated heterocycles. The Morgan fingerprint density at radius 3 is 1.97 bits per heavy atom. The largest absolute Gasteiger partial charge is 0.414 e. The molecule has 1 N–H and O–H groups in total. The molecule has 1 heterocycles. The molecule has 1 aromatic rings. The van der Waals surface area contributed by atoms with E-state index in [-0.39, 0.29) is 21.6 Å². The van der Waals surface area contributed by atoms with Crippen molar-refractivity contribution in [2.45, 2.75) is 108 Å². The van der Waals surface area contributed by atoms with Gasteiger partial charge < -0.3 is 18.7 Å². The number of ether oxygens (including phenoxy) is 1. The number of halogens is 1. The molecular weight excluding hydrogens is 534 g/mol. The van der Waals surface area contributed by atoms with E-state index in [1.54, 1.807) is 0 Å². The number of benzene rings is 1. The van der Waals surface area contributed by atoms with E-state index in [0.29, 0.717) is 0 Å². The van der Waals surface area contributed by atoms with Crippen molar-refractivity contribution in [3.63, 3.8) is 0 Å². The Balaban J connectivity index is 2.51. The summed E-state index contributed by atoms with van der Waals surface area (Å²) in [6, 6.07) is 6.31. The van der Waals surface area contributed by atoms with Crippen LogP contribution in [0.1, 0.15) is 53.0 Å². The van der Waals surface area contributed by atoms with Gasteiger partial charge in [-0.1, -0.05) is 69.6 Å². The summed E-state index contributed by atoms with van der Waals surface area (Å²) in [7, 11) is -4.55. The molecule has 0 saturated carbocycles. The maximum Gasteiger partial charge on any atom is 0.250 e. The summed E-state index contributed by atoms with van der Waals surface area (Å²) in [6.45, 7) is 21.1. The first-order chi connectivity index (χ1) is 15.3. The lowest BCUT2D eigenvalue weighted by molar-refractivity contribution is -0.554. The first-order valence-electron chi connectivity index (χ1n) is 11.8. The molecule has 1 aliphatic rings. The van der Waals surface area contributed by atoms with E-state index >= 15 is 0 Å². The number of aliphatic hydroxyl groups is 1. The predicted molar refractivity (Wildman–Crippen MR) is 144 cm³/mol. The number of aliphatic hydroxyl groups excluding tert-OH is 1. The second-order valence-electron chi connectivity index (χ2n) is 12.3. The summed E-state index contributed by atoms with van der Waals surface area (Å²) in [5.74, 6) is -0.686. The predicted octanol–water partition coefficient (Wildman–Crippen LogP) is 6.31. The summed E-state index contributed by atoms with van der Waals surface area (Å²) in [5, 5.41) is 23.5. The molecule has 34 heavy (non-hydrogen) atoms. The molecule has 2 rings (SSSR count). The summed E-state index contributed by atoms with van der Waals surface area (Å²) in [6.07, 6.45) is -3.05. The van der Waals surface area contributed by atoms with Gasteiger partial charge in [0.25, 0.3) is 6.04 Å². The third kappa shape index (κ3) is 6.57. The summed E-state index contributed by atoms with van der Waals surface area (Å²) in [5.41, 5.74) is 0.744. The van der Waals surface area contributed by atoms with Crippen LogP contribution < -0.4 is 0 Å². The van der Waals surface area contributed by atoms with Crippen molar-refractivity contribution < 1.29 is 23.6 Å². The third-order valence-corrected chi connectivity index (χ3v) is 17.4. The maximum atomic E-state index is 12.5. The highest BCUT2D eigenvalue weighted by molar-refractivity contribution is 9.10. The van der Waals surface area contributed by atoms with E-state index in [9.17, 15) is 15.2 Å². The zero-order valence-corrected chi connectivity index (χ0v) is 25.8. The topological polar surface area (TPSA) is 91.1 Å². The zero-order chi connectivity index (χ0) is 26.3. The summed E-state index contributed by atoms with van der Waals surface area (Å²) in [4.78, 5) is 12.2. The smallest absolute Gasteiger partial charge is 0.250 e. The van der Waals surface area contributed by atoms with E-state index in [0.717, 1.165) is 10.0 Å². The molecule has 1 fully saturated rings. The second-order valence-corrected chi connectivity index (χ2v) is 22.8. The van der Waals surface area contributed by atoms with Crippen molar-refractivity contribution >= 4 is 32.6 Å². The molecule has 0 unspecified atom stereocenters. The van der Waals surface area contributed by atoms with Crippen molar-refractivity contribution in [2.75, 3.05) is 6.61 Å². The lowest BCUT2D eigenvalue weighted by Crippen LogP contribution is -2.61. The number of nitrogens with zero attached hydrogens (tertiary/aromatic N) is 1. The van der Waals surface area contributed by atoms with Crippen LogP contribution in [0.5, 0.6) is 0 Å². The average Bonchev–Trinajstić information content (AvgIpc) is 2.66. The van der Waals surface area contributed by atoms with Crippen LogP contribution >= 0.6 is 15.9 Å². The summed E-state index contributed by atoms with van der Waals surface area (Å²) < 4.78 is 19.7. The Kier molecular flexibility index (Phi) is 9.05. The number of rotatable bonds is 7. The van der Waals surface area contributed by atoms with Crippen LogP contribution in [-0.4, -0.2) is 57.8 Å². The van der Waals surface area contributed by atoms with Crippen molar-refractivity contribution in [3.8, 4) is 0 Å². The van der Waals surface area contributed by atoms with Gasteiger partial charge in [-0.2, -0.15) is 0 Å². The molecule has 0 radical (unpaired) electrons. The van der Waals surface area contributed by atoms with E-state index in [2.05, 4.69) is 83.7 Å². The normalized spacial score (nSPS) is 27.0. The Morgan fingerprint density at radius 2 is 1.53 bits per heavy atom. The Morgan fingerprint density at radius 1 is 1.03 bits per heavy atom.